The van der Waals surface area contributed by atoms with Gasteiger partial charge in [0.05, 0.1) is 12.2 Å². The summed E-state index contributed by atoms with van der Waals surface area (Å²) in [7, 11) is 0. The minimum Gasteiger partial charge on any atom is -0.312 e. The summed E-state index contributed by atoms with van der Waals surface area (Å²) in [5, 5.41) is 0. The number of nitrogens with zero attached hydrogens (tertiary/aromatic N) is 4. The third-order valence-electron chi connectivity index (χ3n) is 5.55. The summed E-state index contributed by atoms with van der Waals surface area (Å²) in [5.74, 6) is 0.136. The molecule has 0 bridgehead atoms. The first-order valence-corrected chi connectivity index (χ1v) is 10.6. The molecule has 0 aliphatic carbocycles. The molecule has 0 amide bonds. The van der Waals surface area contributed by atoms with Gasteiger partial charge in [-0.05, 0) is 51.3 Å². The van der Waals surface area contributed by atoms with E-state index in [4.69, 9.17) is 0 Å². The summed E-state index contributed by atoms with van der Waals surface area (Å²) in [4.78, 5) is 6.73. The molecule has 1 aliphatic heterocycles. The second-order valence-corrected chi connectivity index (χ2v) is 8.43. The van der Waals surface area contributed by atoms with Crippen molar-refractivity contribution in [3.05, 3.63) is 40.2 Å². The summed E-state index contributed by atoms with van der Waals surface area (Å²) in [6.45, 7) is 6.52. The van der Waals surface area contributed by atoms with E-state index in [0.717, 1.165) is 27.3 Å². The van der Waals surface area contributed by atoms with Gasteiger partial charge in [-0.3, -0.25) is 4.90 Å². The van der Waals surface area contributed by atoms with Gasteiger partial charge >= 0.3 is 12.4 Å². The Balaban J connectivity index is 2.11. The molecule has 0 fully saturated rings. The van der Waals surface area contributed by atoms with Crippen LogP contribution in [-0.4, -0.2) is 40.3 Å². The number of hydrogen-bond acceptors (Lipinski definition) is 3. The van der Waals surface area contributed by atoms with Gasteiger partial charge in [-0.1, -0.05) is 24.6 Å². The third-order valence-corrected chi connectivity index (χ3v) is 5.55. The second-order valence-electron chi connectivity index (χ2n) is 8.43. The smallest absolute Gasteiger partial charge is 0.312 e. The third kappa shape index (κ3) is 5.22. The lowest BCUT2D eigenvalue weighted by Gasteiger charge is -2.33. The van der Waals surface area contributed by atoms with Gasteiger partial charge in [-0.25, -0.2) is 4.98 Å². The zero-order valence-corrected chi connectivity index (χ0v) is 18.7. The maximum Gasteiger partial charge on any atom is 0.435 e. The topological polar surface area (TPSA) is 24.3 Å². The molecule has 0 N–H and O–H groups in total. The highest BCUT2D eigenvalue weighted by molar-refractivity contribution is 5.68. The Morgan fingerprint density at radius 1 is 1.00 bits per heavy atom. The Morgan fingerprint density at radius 2 is 1.62 bits per heavy atom. The van der Waals surface area contributed by atoms with E-state index in [9.17, 15) is 26.3 Å². The molecule has 0 saturated heterocycles. The molecule has 0 radical (unpaired) electrons. The van der Waals surface area contributed by atoms with Gasteiger partial charge in [0, 0.05) is 25.3 Å². The number of hydrogen-bond donors (Lipinski definition) is 0. The number of rotatable bonds is 6. The number of fused-ring (bicyclic) bond motifs is 1. The number of aromatic nitrogens is 2. The lowest BCUT2D eigenvalue weighted by Crippen LogP contribution is -2.36. The Morgan fingerprint density at radius 3 is 2.16 bits per heavy atom. The van der Waals surface area contributed by atoms with Crippen LogP contribution >= 0.6 is 0 Å². The lowest BCUT2D eigenvalue weighted by molar-refractivity contribution is -0.149. The van der Waals surface area contributed by atoms with Gasteiger partial charge < -0.3 is 9.47 Å². The van der Waals surface area contributed by atoms with Crippen molar-refractivity contribution >= 4 is 11.6 Å². The molecule has 4 nitrogen and oxygen atoms in total. The fraction of sp³-hybridized carbons (Fsp3) is 0.591. The fourth-order valence-electron chi connectivity index (χ4n) is 4.59. The average molecular weight is 462 g/mol. The highest BCUT2D eigenvalue weighted by Crippen LogP contribution is 2.40. The minimum absolute atomic E-state index is 0.0389. The Kier molecular flexibility index (Phi) is 6.83. The molecule has 1 aromatic heterocycles. The fourth-order valence-corrected chi connectivity index (χ4v) is 4.59. The van der Waals surface area contributed by atoms with E-state index in [1.807, 2.05) is 32.9 Å². The molecule has 1 aromatic carbocycles. The molecular formula is C22H28F6N4. The molecule has 32 heavy (non-hydrogen) atoms. The van der Waals surface area contributed by atoms with E-state index >= 15 is 0 Å². The summed E-state index contributed by atoms with van der Waals surface area (Å²) >= 11 is 0. The predicted octanol–water partition coefficient (Wildman–Crippen LogP) is 6.14. The SMILES string of the molecule is CCCN(Cc1c(C(F)(F)F)nc2n1CCCN2c1c(C)cc(C)cc1C)CC(F)(F)F. The Bertz CT molecular complexity index is 938. The van der Waals surface area contributed by atoms with Crippen molar-refractivity contribution < 1.29 is 26.3 Å². The van der Waals surface area contributed by atoms with E-state index in [1.54, 1.807) is 11.8 Å². The van der Waals surface area contributed by atoms with Gasteiger partial charge in [0.15, 0.2) is 5.69 Å². The molecule has 0 saturated carbocycles. The zero-order chi connectivity index (χ0) is 23.8. The molecule has 10 heteroatoms. The molecule has 1 aliphatic rings. The number of anilines is 2. The molecule has 2 aromatic rings. The van der Waals surface area contributed by atoms with Crippen LogP contribution in [-0.2, 0) is 19.3 Å². The second kappa shape index (κ2) is 8.96. The summed E-state index contributed by atoms with van der Waals surface area (Å²) in [6, 6.07) is 3.92. The Labute approximate surface area is 183 Å². The number of aryl methyl sites for hydroxylation is 3. The monoisotopic (exact) mass is 462 g/mol. The van der Waals surface area contributed by atoms with Crippen molar-refractivity contribution in [2.24, 2.45) is 0 Å². The van der Waals surface area contributed by atoms with Crippen LogP contribution in [0.15, 0.2) is 12.1 Å². The van der Waals surface area contributed by atoms with Crippen molar-refractivity contribution in [3.8, 4) is 0 Å². The van der Waals surface area contributed by atoms with E-state index in [0.29, 0.717) is 19.4 Å². The van der Waals surface area contributed by atoms with Crippen molar-refractivity contribution in [1.29, 1.82) is 0 Å². The van der Waals surface area contributed by atoms with Crippen LogP contribution in [0.1, 0.15) is 47.8 Å². The van der Waals surface area contributed by atoms with Crippen LogP contribution in [0, 0.1) is 20.8 Å². The summed E-state index contributed by atoms with van der Waals surface area (Å²) < 4.78 is 82.3. The van der Waals surface area contributed by atoms with Crippen LogP contribution in [0.2, 0.25) is 0 Å². The van der Waals surface area contributed by atoms with Crippen LogP contribution in [0.3, 0.4) is 0 Å². The van der Waals surface area contributed by atoms with E-state index in [2.05, 4.69) is 4.98 Å². The van der Waals surface area contributed by atoms with Gasteiger partial charge in [0.2, 0.25) is 5.95 Å². The van der Waals surface area contributed by atoms with Crippen LogP contribution in [0.4, 0.5) is 38.0 Å². The van der Waals surface area contributed by atoms with Crippen molar-refractivity contribution in [2.75, 3.05) is 24.5 Å². The van der Waals surface area contributed by atoms with Gasteiger partial charge in [0.25, 0.3) is 0 Å². The van der Waals surface area contributed by atoms with Crippen molar-refractivity contribution in [2.45, 2.75) is 66.0 Å². The lowest BCUT2D eigenvalue weighted by atomic mass is 10.0. The van der Waals surface area contributed by atoms with Crippen molar-refractivity contribution in [1.82, 2.24) is 14.5 Å². The molecule has 3 rings (SSSR count). The number of alkyl halides is 6. The maximum atomic E-state index is 13.9. The first-order valence-electron chi connectivity index (χ1n) is 10.6. The standard InChI is InChI=1S/C22H28F6N4/c1-5-7-30(13-21(23,24)25)12-17-19(22(26,27)28)29-20-31(17)8-6-9-32(20)18-15(3)10-14(2)11-16(18)4/h10-11H,5-9,12-13H2,1-4H3. The molecule has 0 atom stereocenters. The normalized spacial score (nSPS) is 14.9. The van der Waals surface area contributed by atoms with E-state index in [1.165, 1.54) is 4.57 Å². The van der Waals surface area contributed by atoms with Crippen LogP contribution in [0.25, 0.3) is 0 Å². The first kappa shape index (κ1) is 24.4. The highest BCUT2D eigenvalue weighted by Gasteiger charge is 2.42. The minimum atomic E-state index is -4.77. The maximum absolute atomic E-state index is 13.9. The van der Waals surface area contributed by atoms with E-state index < -0.39 is 31.1 Å². The molecule has 2 heterocycles. The number of imidazole rings is 1. The number of benzene rings is 1. The van der Waals surface area contributed by atoms with Crippen molar-refractivity contribution in [3.63, 3.8) is 0 Å². The summed E-state index contributed by atoms with van der Waals surface area (Å²) in [5.41, 5.74) is 2.35. The van der Waals surface area contributed by atoms with Gasteiger partial charge in [0.1, 0.15) is 0 Å². The van der Waals surface area contributed by atoms with Gasteiger partial charge in [-0.2, -0.15) is 26.3 Å². The zero-order valence-electron chi connectivity index (χ0n) is 18.7. The average Bonchev–Trinajstić information content (AvgIpc) is 2.99. The van der Waals surface area contributed by atoms with Gasteiger partial charge in [-0.15, -0.1) is 0 Å². The van der Waals surface area contributed by atoms with Crippen LogP contribution in [0.5, 0.6) is 0 Å². The molecule has 178 valence electrons. The number of halogens is 6. The largest absolute Gasteiger partial charge is 0.435 e. The first-order chi connectivity index (χ1) is 14.8. The summed E-state index contributed by atoms with van der Waals surface area (Å²) in [6.07, 6.45) is -8.31. The highest BCUT2D eigenvalue weighted by atomic mass is 19.4. The molecule has 0 unspecified atom stereocenters. The predicted molar refractivity (Wildman–Crippen MR) is 111 cm³/mol. The molecular weight excluding hydrogens is 434 g/mol. The van der Waals surface area contributed by atoms with Crippen LogP contribution < -0.4 is 4.90 Å². The quantitative estimate of drug-likeness (QED) is 0.482. The molecule has 0 spiro atoms. The Hall–Kier alpha value is -2.23. The van der Waals surface area contributed by atoms with E-state index in [-0.39, 0.29) is 24.7 Å².